The van der Waals surface area contributed by atoms with Crippen molar-refractivity contribution in [1.29, 1.82) is 0 Å². The molecule has 3 rings (SSSR count). The summed E-state index contributed by atoms with van der Waals surface area (Å²) in [6.45, 7) is 0. The second kappa shape index (κ2) is 2.57. The van der Waals surface area contributed by atoms with Crippen LogP contribution >= 0.6 is 11.3 Å². The summed E-state index contributed by atoms with van der Waals surface area (Å²) in [5.41, 5.74) is 5.62. The Balaban J connectivity index is 2.14. The topological polar surface area (TPSA) is 24.9 Å². The van der Waals surface area contributed by atoms with Crippen LogP contribution in [0.1, 0.15) is 11.3 Å². The van der Waals surface area contributed by atoms with Gasteiger partial charge in [-0.05, 0) is 11.6 Å². The monoisotopic (exact) mass is 188 g/mol. The van der Waals surface area contributed by atoms with Crippen molar-refractivity contribution in [3.05, 3.63) is 41.0 Å². The predicted octanol–water partition coefficient (Wildman–Crippen LogP) is 2.79. The second-order valence-corrected chi connectivity index (χ2v) is 3.94. The van der Waals surface area contributed by atoms with Gasteiger partial charge in [-0.1, -0.05) is 18.2 Å². The van der Waals surface area contributed by atoms with Crippen LogP contribution in [0.25, 0.3) is 0 Å². The lowest BCUT2D eigenvalue weighted by molar-refractivity contribution is 1.09. The van der Waals surface area contributed by atoms with E-state index >= 15 is 0 Å². The van der Waals surface area contributed by atoms with Crippen molar-refractivity contribution in [3.8, 4) is 0 Å². The van der Waals surface area contributed by atoms with E-state index in [0.29, 0.717) is 0 Å². The number of hydrogen-bond acceptors (Lipinski definition) is 3. The first-order chi connectivity index (χ1) is 6.43. The maximum absolute atomic E-state index is 4.31. The highest BCUT2D eigenvalue weighted by Gasteiger charge is 2.15. The highest BCUT2D eigenvalue weighted by molar-refractivity contribution is 7.14. The van der Waals surface area contributed by atoms with Crippen molar-refractivity contribution in [3.63, 3.8) is 0 Å². The standard InChI is InChI=1S/C10H8N2S/c1-2-4-8-7(3-1)5-9-10(12-8)13-6-11-9/h1-4,6,12H,5H2. The SMILES string of the molecule is c1ccc2c(c1)Cc1ncsc1N2. The van der Waals surface area contributed by atoms with Crippen LogP contribution < -0.4 is 5.32 Å². The number of thiazole rings is 1. The fraction of sp³-hybridized carbons (Fsp3) is 0.100. The Labute approximate surface area is 80.3 Å². The highest BCUT2D eigenvalue weighted by atomic mass is 32.1. The van der Waals surface area contributed by atoms with Gasteiger partial charge in [0.1, 0.15) is 5.00 Å². The van der Waals surface area contributed by atoms with Crippen LogP contribution in [0.3, 0.4) is 0 Å². The Bertz CT molecular complexity index is 408. The molecule has 0 saturated carbocycles. The van der Waals surface area contributed by atoms with Gasteiger partial charge in [-0.3, -0.25) is 0 Å². The number of para-hydroxylation sites is 1. The third kappa shape index (κ3) is 1.04. The molecular formula is C10H8N2S. The van der Waals surface area contributed by atoms with Crippen LogP contribution in [0.2, 0.25) is 0 Å². The molecule has 1 aromatic heterocycles. The van der Waals surface area contributed by atoms with Crippen molar-refractivity contribution in [1.82, 2.24) is 4.98 Å². The van der Waals surface area contributed by atoms with Gasteiger partial charge >= 0.3 is 0 Å². The Hall–Kier alpha value is -1.35. The lowest BCUT2D eigenvalue weighted by atomic mass is 10.1. The van der Waals surface area contributed by atoms with Gasteiger partial charge < -0.3 is 5.32 Å². The first-order valence-corrected chi connectivity index (χ1v) is 5.09. The van der Waals surface area contributed by atoms with E-state index in [4.69, 9.17) is 0 Å². The predicted molar refractivity (Wildman–Crippen MR) is 54.6 cm³/mol. The van der Waals surface area contributed by atoms with Crippen molar-refractivity contribution in [2.24, 2.45) is 0 Å². The minimum atomic E-state index is 0.960. The molecule has 2 nitrogen and oxygen atoms in total. The van der Waals surface area contributed by atoms with Gasteiger partial charge in [0, 0.05) is 12.1 Å². The van der Waals surface area contributed by atoms with E-state index in [0.717, 1.165) is 6.42 Å². The molecule has 1 N–H and O–H groups in total. The zero-order valence-corrected chi connectivity index (χ0v) is 7.77. The van der Waals surface area contributed by atoms with Crippen LogP contribution in [-0.4, -0.2) is 4.98 Å². The quantitative estimate of drug-likeness (QED) is 0.586. The number of fused-ring (bicyclic) bond motifs is 2. The lowest BCUT2D eigenvalue weighted by Crippen LogP contribution is -2.04. The van der Waals surface area contributed by atoms with E-state index in [1.165, 1.54) is 21.9 Å². The minimum absolute atomic E-state index is 0.960. The van der Waals surface area contributed by atoms with Gasteiger partial charge in [-0.15, -0.1) is 11.3 Å². The third-order valence-electron chi connectivity index (χ3n) is 2.26. The molecule has 2 heterocycles. The van der Waals surface area contributed by atoms with Gasteiger partial charge in [0.2, 0.25) is 0 Å². The summed E-state index contributed by atoms with van der Waals surface area (Å²) in [5, 5.41) is 4.57. The van der Waals surface area contributed by atoms with Crippen LogP contribution in [0, 0.1) is 0 Å². The molecule has 0 radical (unpaired) electrons. The van der Waals surface area contributed by atoms with E-state index in [2.05, 4.69) is 34.6 Å². The first kappa shape index (κ1) is 7.09. The normalized spacial score (nSPS) is 12.9. The van der Waals surface area contributed by atoms with Crippen molar-refractivity contribution >= 4 is 22.0 Å². The molecule has 3 heteroatoms. The second-order valence-electron chi connectivity index (χ2n) is 3.09. The third-order valence-corrected chi connectivity index (χ3v) is 3.05. The number of rotatable bonds is 0. The lowest BCUT2D eigenvalue weighted by Gasteiger charge is -2.16. The molecule has 0 unspecified atom stereocenters. The number of anilines is 2. The zero-order valence-electron chi connectivity index (χ0n) is 6.95. The fourth-order valence-corrected chi connectivity index (χ4v) is 2.31. The largest absolute Gasteiger partial charge is 0.345 e. The van der Waals surface area contributed by atoms with Gasteiger partial charge in [0.25, 0.3) is 0 Å². The Morgan fingerprint density at radius 3 is 3.23 bits per heavy atom. The summed E-state index contributed by atoms with van der Waals surface area (Å²) in [6, 6.07) is 8.37. The van der Waals surface area contributed by atoms with E-state index in [1.54, 1.807) is 11.3 Å². The molecule has 13 heavy (non-hydrogen) atoms. The Morgan fingerprint density at radius 2 is 2.23 bits per heavy atom. The zero-order chi connectivity index (χ0) is 8.67. The molecule has 0 atom stereocenters. The molecule has 1 aliphatic rings. The molecule has 0 amide bonds. The average molecular weight is 188 g/mol. The van der Waals surface area contributed by atoms with Crippen LogP contribution in [0.5, 0.6) is 0 Å². The number of hydrogen-bond donors (Lipinski definition) is 1. The van der Waals surface area contributed by atoms with Crippen molar-refractivity contribution < 1.29 is 0 Å². The fourth-order valence-electron chi connectivity index (χ4n) is 1.60. The summed E-state index contributed by atoms with van der Waals surface area (Å²) in [6.07, 6.45) is 0.960. The molecule has 1 aromatic carbocycles. The summed E-state index contributed by atoms with van der Waals surface area (Å²) >= 11 is 1.67. The molecule has 0 spiro atoms. The average Bonchev–Trinajstić information content (AvgIpc) is 2.61. The molecule has 2 aromatic rings. The summed E-state index contributed by atoms with van der Waals surface area (Å²) < 4.78 is 0. The van der Waals surface area contributed by atoms with Crippen molar-refractivity contribution in [2.45, 2.75) is 6.42 Å². The van der Waals surface area contributed by atoms with Gasteiger partial charge in [-0.25, -0.2) is 4.98 Å². The molecule has 1 aliphatic heterocycles. The minimum Gasteiger partial charge on any atom is -0.345 e. The van der Waals surface area contributed by atoms with Crippen molar-refractivity contribution in [2.75, 3.05) is 5.32 Å². The Kier molecular flexibility index (Phi) is 1.40. The summed E-state index contributed by atoms with van der Waals surface area (Å²) in [5.74, 6) is 0. The van der Waals surface area contributed by atoms with E-state index in [-0.39, 0.29) is 0 Å². The van der Waals surface area contributed by atoms with Gasteiger partial charge in [0.15, 0.2) is 0 Å². The molecule has 64 valence electrons. The van der Waals surface area contributed by atoms with E-state index in [9.17, 15) is 0 Å². The summed E-state index contributed by atoms with van der Waals surface area (Å²) in [4.78, 5) is 4.31. The van der Waals surface area contributed by atoms with Crippen LogP contribution in [0.15, 0.2) is 29.8 Å². The number of nitrogens with zero attached hydrogens (tertiary/aromatic N) is 1. The number of nitrogens with one attached hydrogen (secondary N) is 1. The maximum Gasteiger partial charge on any atom is 0.116 e. The molecule has 0 saturated heterocycles. The molecular weight excluding hydrogens is 180 g/mol. The molecule has 0 fully saturated rings. The molecule has 0 aliphatic carbocycles. The van der Waals surface area contributed by atoms with Crippen LogP contribution in [0.4, 0.5) is 10.7 Å². The number of aromatic nitrogens is 1. The molecule has 0 bridgehead atoms. The van der Waals surface area contributed by atoms with E-state index < -0.39 is 0 Å². The van der Waals surface area contributed by atoms with E-state index in [1.807, 2.05) is 5.51 Å². The Morgan fingerprint density at radius 1 is 1.31 bits per heavy atom. The number of benzene rings is 1. The first-order valence-electron chi connectivity index (χ1n) is 4.21. The van der Waals surface area contributed by atoms with Crippen LogP contribution in [-0.2, 0) is 6.42 Å². The smallest absolute Gasteiger partial charge is 0.116 e. The van der Waals surface area contributed by atoms with Gasteiger partial charge in [-0.2, -0.15) is 0 Å². The summed E-state index contributed by atoms with van der Waals surface area (Å²) in [7, 11) is 0. The highest BCUT2D eigenvalue weighted by Crippen LogP contribution is 2.34. The van der Waals surface area contributed by atoms with Gasteiger partial charge in [0.05, 0.1) is 11.2 Å². The maximum atomic E-state index is 4.31.